The van der Waals surface area contributed by atoms with Crippen LogP contribution in [0.3, 0.4) is 0 Å². The minimum Gasteiger partial charge on any atom is -0.447 e. The Kier molecular flexibility index (Phi) is 5.03. The van der Waals surface area contributed by atoms with Crippen LogP contribution in [0.15, 0.2) is 41.7 Å². The molecular weight excluding hydrogens is 389 g/mol. The molecule has 3 rings (SSSR count). The molecule has 7 nitrogen and oxygen atoms in total. The van der Waals surface area contributed by atoms with Crippen molar-refractivity contribution in [3.8, 4) is 5.88 Å². The second-order valence-electron chi connectivity index (χ2n) is 5.54. The number of aliphatic imine (C=N–C) groups is 1. The zero-order chi connectivity index (χ0) is 20.5. The maximum atomic E-state index is 13.8. The Bertz CT molecular complexity index is 953. The Balaban J connectivity index is 1.78. The van der Waals surface area contributed by atoms with E-state index in [4.69, 9.17) is 4.74 Å². The number of hydrogen-bond donors (Lipinski definition) is 1. The average Bonchev–Trinajstić information content (AvgIpc) is 3.00. The lowest BCUT2D eigenvalue weighted by molar-refractivity contribution is -0.141. The smallest absolute Gasteiger partial charge is 0.435 e. The molecular formula is C16H12F5N5O2. The van der Waals surface area contributed by atoms with Crippen LogP contribution in [0.25, 0.3) is 0 Å². The topological polar surface area (TPSA) is 71.8 Å². The molecule has 0 spiro atoms. The third kappa shape index (κ3) is 3.94. The second-order valence-corrected chi connectivity index (χ2v) is 5.54. The summed E-state index contributed by atoms with van der Waals surface area (Å²) in [7, 11) is 1.24. The van der Waals surface area contributed by atoms with Crippen LogP contribution in [0, 0.1) is 11.6 Å². The van der Waals surface area contributed by atoms with Gasteiger partial charge in [0.1, 0.15) is 0 Å². The molecule has 2 heterocycles. The van der Waals surface area contributed by atoms with Crippen molar-refractivity contribution < 1.29 is 31.5 Å². The monoisotopic (exact) mass is 401 g/mol. The van der Waals surface area contributed by atoms with E-state index >= 15 is 0 Å². The van der Waals surface area contributed by atoms with Gasteiger partial charge in [0.2, 0.25) is 12.1 Å². The van der Waals surface area contributed by atoms with Crippen molar-refractivity contribution in [1.29, 1.82) is 0 Å². The Hall–Kier alpha value is -3.44. The molecule has 2 aromatic rings. The second kappa shape index (κ2) is 7.29. The molecule has 1 atom stereocenters. The van der Waals surface area contributed by atoms with Crippen LogP contribution in [-0.2, 0) is 13.2 Å². The SMILES string of the molecule is Cn1nc(C(F)(F)F)cc1OC1C=NC=CN1NC(=O)c1cccc(F)c1F. The fraction of sp³-hybridized carbons (Fsp3) is 0.188. The van der Waals surface area contributed by atoms with Gasteiger partial charge in [-0.1, -0.05) is 6.07 Å². The first-order valence-electron chi connectivity index (χ1n) is 7.68. The number of ether oxygens (including phenoxy) is 1. The van der Waals surface area contributed by atoms with Crippen LogP contribution < -0.4 is 10.2 Å². The quantitative estimate of drug-likeness (QED) is 0.800. The van der Waals surface area contributed by atoms with E-state index in [0.29, 0.717) is 6.07 Å². The summed E-state index contributed by atoms with van der Waals surface area (Å²) in [5.41, 5.74) is 0.541. The zero-order valence-electron chi connectivity index (χ0n) is 14.1. The van der Waals surface area contributed by atoms with Crippen molar-refractivity contribution in [3.05, 3.63) is 59.6 Å². The fourth-order valence-electron chi connectivity index (χ4n) is 2.26. The first-order valence-corrected chi connectivity index (χ1v) is 7.68. The van der Waals surface area contributed by atoms with Gasteiger partial charge >= 0.3 is 6.18 Å². The lowest BCUT2D eigenvalue weighted by Crippen LogP contribution is -2.49. The highest BCUT2D eigenvalue weighted by Crippen LogP contribution is 2.30. The number of amides is 1. The minimum atomic E-state index is -4.66. The van der Waals surface area contributed by atoms with Crippen LogP contribution in [0.2, 0.25) is 0 Å². The molecule has 0 radical (unpaired) electrons. The molecule has 0 bridgehead atoms. The van der Waals surface area contributed by atoms with Gasteiger partial charge in [0.25, 0.3) is 5.91 Å². The van der Waals surface area contributed by atoms with Crippen LogP contribution in [0.1, 0.15) is 16.1 Å². The molecule has 0 saturated carbocycles. The van der Waals surface area contributed by atoms with Crippen LogP contribution in [-0.4, -0.2) is 33.1 Å². The van der Waals surface area contributed by atoms with Crippen molar-refractivity contribution in [3.63, 3.8) is 0 Å². The lowest BCUT2D eigenvalue weighted by Gasteiger charge is -2.29. The third-order valence-corrected chi connectivity index (χ3v) is 3.60. The van der Waals surface area contributed by atoms with E-state index in [0.717, 1.165) is 27.9 Å². The summed E-state index contributed by atoms with van der Waals surface area (Å²) in [6.45, 7) is 0. The van der Waals surface area contributed by atoms with E-state index in [1.54, 1.807) is 0 Å². The van der Waals surface area contributed by atoms with Crippen molar-refractivity contribution in [2.24, 2.45) is 12.0 Å². The predicted octanol–water partition coefficient (Wildman–Crippen LogP) is 2.62. The number of benzene rings is 1. The van der Waals surface area contributed by atoms with E-state index < -0.39 is 41.2 Å². The molecule has 148 valence electrons. The lowest BCUT2D eigenvalue weighted by atomic mass is 10.2. The van der Waals surface area contributed by atoms with E-state index in [1.807, 2.05) is 0 Å². The molecule has 0 fully saturated rings. The molecule has 12 heteroatoms. The summed E-state index contributed by atoms with van der Waals surface area (Å²) in [6, 6.07) is 3.76. The summed E-state index contributed by atoms with van der Waals surface area (Å²) < 4.78 is 71.6. The summed E-state index contributed by atoms with van der Waals surface area (Å²) >= 11 is 0. The molecule has 0 saturated heterocycles. The molecule has 1 amide bonds. The number of carbonyl (C=O) groups is 1. The maximum absolute atomic E-state index is 13.8. The Morgan fingerprint density at radius 1 is 1.29 bits per heavy atom. The van der Waals surface area contributed by atoms with Gasteiger partial charge in [-0.05, 0) is 12.1 Å². The van der Waals surface area contributed by atoms with Gasteiger partial charge in [-0.2, -0.15) is 18.3 Å². The highest BCUT2D eigenvalue weighted by atomic mass is 19.4. The zero-order valence-corrected chi connectivity index (χ0v) is 14.1. The molecule has 1 aromatic heterocycles. The average molecular weight is 401 g/mol. The molecule has 0 aliphatic carbocycles. The minimum absolute atomic E-state index is 0.254. The van der Waals surface area contributed by atoms with E-state index in [1.165, 1.54) is 25.7 Å². The van der Waals surface area contributed by atoms with Crippen molar-refractivity contribution in [2.45, 2.75) is 12.4 Å². The number of carbonyl (C=O) groups excluding carboxylic acids is 1. The Morgan fingerprint density at radius 2 is 2.04 bits per heavy atom. The highest BCUT2D eigenvalue weighted by molar-refractivity contribution is 5.94. The fourth-order valence-corrected chi connectivity index (χ4v) is 2.26. The summed E-state index contributed by atoms with van der Waals surface area (Å²) in [5.74, 6) is -3.79. The molecule has 1 N–H and O–H groups in total. The number of alkyl halides is 3. The van der Waals surface area contributed by atoms with Gasteiger partial charge in [0.15, 0.2) is 17.3 Å². The van der Waals surface area contributed by atoms with Gasteiger partial charge in [-0.15, -0.1) is 0 Å². The van der Waals surface area contributed by atoms with Crippen molar-refractivity contribution in [1.82, 2.24) is 20.2 Å². The molecule has 1 aromatic carbocycles. The molecule has 1 aliphatic rings. The highest BCUT2D eigenvalue weighted by Gasteiger charge is 2.35. The predicted molar refractivity (Wildman–Crippen MR) is 85.9 cm³/mol. The maximum Gasteiger partial charge on any atom is 0.435 e. The first kappa shape index (κ1) is 19.3. The molecule has 1 unspecified atom stereocenters. The third-order valence-electron chi connectivity index (χ3n) is 3.60. The van der Waals surface area contributed by atoms with Crippen molar-refractivity contribution in [2.75, 3.05) is 0 Å². The number of rotatable bonds is 4. The number of nitrogens with zero attached hydrogens (tertiary/aromatic N) is 4. The van der Waals surface area contributed by atoms with E-state index in [-0.39, 0.29) is 5.88 Å². The number of aromatic nitrogens is 2. The van der Waals surface area contributed by atoms with Gasteiger partial charge < -0.3 is 4.74 Å². The summed E-state index contributed by atoms with van der Waals surface area (Å²) in [5, 5.41) is 4.34. The summed E-state index contributed by atoms with van der Waals surface area (Å²) in [6.07, 6.45) is -2.15. The molecule has 28 heavy (non-hydrogen) atoms. The largest absolute Gasteiger partial charge is 0.447 e. The number of hydrogen-bond acceptors (Lipinski definition) is 5. The van der Waals surface area contributed by atoms with Gasteiger partial charge in [-0.3, -0.25) is 15.2 Å². The van der Waals surface area contributed by atoms with Gasteiger partial charge in [-0.25, -0.2) is 18.5 Å². The van der Waals surface area contributed by atoms with Crippen LogP contribution in [0.5, 0.6) is 5.88 Å². The summed E-state index contributed by atoms with van der Waals surface area (Å²) in [4.78, 5) is 16.0. The number of hydrazine groups is 1. The standard InChI is InChI=1S/C16H12F5N5O2/c1-25-12(7-11(23-25)16(19,20)21)28-13-8-22-5-6-26(13)24-15(27)9-3-2-4-10(17)14(9)18/h2-8,13H,1H3,(H,24,27). The van der Waals surface area contributed by atoms with E-state index in [9.17, 15) is 26.7 Å². The number of nitrogens with one attached hydrogen (secondary N) is 1. The van der Waals surface area contributed by atoms with Gasteiger partial charge in [0, 0.05) is 25.5 Å². The Morgan fingerprint density at radius 3 is 2.71 bits per heavy atom. The Labute approximate surface area is 154 Å². The van der Waals surface area contributed by atoms with Crippen LogP contribution >= 0.6 is 0 Å². The van der Waals surface area contributed by atoms with E-state index in [2.05, 4.69) is 15.5 Å². The molecule has 1 aliphatic heterocycles. The first-order chi connectivity index (χ1) is 13.2. The number of halogens is 5. The normalized spacial score (nSPS) is 16.4. The van der Waals surface area contributed by atoms with Gasteiger partial charge in [0.05, 0.1) is 11.8 Å². The van der Waals surface area contributed by atoms with Crippen LogP contribution in [0.4, 0.5) is 22.0 Å². The van der Waals surface area contributed by atoms with Crippen molar-refractivity contribution >= 4 is 12.1 Å². The number of aryl methyl sites for hydroxylation is 1.